The number of halogens is 2. The molecular weight excluding hydrogens is 488 g/mol. The molecule has 0 saturated heterocycles. The molecule has 2 aromatic carbocycles. The minimum atomic E-state index is -0.623. The van der Waals surface area contributed by atoms with E-state index in [9.17, 15) is 9.59 Å². The molecule has 1 atom stereocenters. The topological polar surface area (TPSA) is 58.6 Å². The van der Waals surface area contributed by atoms with Gasteiger partial charge in [-0.15, -0.1) is 0 Å². The Morgan fingerprint density at radius 2 is 1.71 bits per heavy atom. The van der Waals surface area contributed by atoms with Crippen LogP contribution >= 0.6 is 31.9 Å². The Labute approximate surface area is 182 Å². The van der Waals surface area contributed by atoms with E-state index in [2.05, 4.69) is 37.2 Å². The number of carbonyl (C=O) groups excluding carboxylic acids is 2. The zero-order chi connectivity index (χ0) is 20.7. The second-order valence-corrected chi connectivity index (χ2v) is 8.56. The molecule has 0 aliphatic rings. The molecule has 0 aliphatic carbocycles. The van der Waals surface area contributed by atoms with Crippen LogP contribution in [0.5, 0.6) is 5.75 Å². The van der Waals surface area contributed by atoms with E-state index in [1.165, 1.54) is 0 Å². The molecule has 0 bridgehead atoms. The third kappa shape index (κ3) is 6.95. The highest BCUT2D eigenvalue weighted by atomic mass is 79.9. The quantitative estimate of drug-likeness (QED) is 0.566. The summed E-state index contributed by atoms with van der Waals surface area (Å²) in [7, 11) is 0. The van der Waals surface area contributed by atoms with Gasteiger partial charge in [0.2, 0.25) is 5.91 Å². The predicted molar refractivity (Wildman–Crippen MR) is 117 cm³/mol. The van der Waals surface area contributed by atoms with Crippen LogP contribution in [0.15, 0.2) is 57.5 Å². The van der Waals surface area contributed by atoms with Crippen LogP contribution < -0.4 is 10.1 Å². The largest absolute Gasteiger partial charge is 0.484 e. The standard InChI is InChI=1S/C21H24Br2N2O3/c1-14(2)24-21(27)15(3)25(12-16-5-4-6-18(23)11-16)20(26)13-28-19-9-7-17(22)8-10-19/h4-11,14-15H,12-13H2,1-3H3,(H,24,27)/t15-/m1/s1. The Balaban J connectivity index is 2.14. The molecule has 0 fully saturated rings. The monoisotopic (exact) mass is 510 g/mol. The number of nitrogens with one attached hydrogen (secondary N) is 1. The van der Waals surface area contributed by atoms with E-state index in [1.807, 2.05) is 50.2 Å². The Morgan fingerprint density at radius 1 is 1.04 bits per heavy atom. The van der Waals surface area contributed by atoms with Crippen molar-refractivity contribution in [1.82, 2.24) is 10.2 Å². The average molecular weight is 512 g/mol. The fraction of sp³-hybridized carbons (Fsp3) is 0.333. The Kier molecular flexibility index (Phi) is 8.51. The fourth-order valence-electron chi connectivity index (χ4n) is 2.58. The summed E-state index contributed by atoms with van der Waals surface area (Å²) in [6.07, 6.45) is 0. The number of amides is 2. The summed E-state index contributed by atoms with van der Waals surface area (Å²) < 4.78 is 7.47. The van der Waals surface area contributed by atoms with Crippen molar-refractivity contribution in [3.63, 3.8) is 0 Å². The molecule has 2 rings (SSSR count). The van der Waals surface area contributed by atoms with Crippen LogP contribution in [0.2, 0.25) is 0 Å². The van der Waals surface area contributed by atoms with Gasteiger partial charge in [-0.25, -0.2) is 0 Å². The van der Waals surface area contributed by atoms with Crippen molar-refractivity contribution in [2.45, 2.75) is 39.4 Å². The zero-order valence-corrected chi connectivity index (χ0v) is 19.3. The average Bonchev–Trinajstić information content (AvgIpc) is 2.64. The van der Waals surface area contributed by atoms with Crippen LogP contribution in [0.25, 0.3) is 0 Å². The second-order valence-electron chi connectivity index (χ2n) is 6.73. The number of nitrogens with zero attached hydrogens (tertiary/aromatic N) is 1. The smallest absolute Gasteiger partial charge is 0.261 e. The van der Waals surface area contributed by atoms with Gasteiger partial charge in [0, 0.05) is 21.5 Å². The van der Waals surface area contributed by atoms with Crippen molar-refractivity contribution < 1.29 is 14.3 Å². The first-order valence-corrected chi connectivity index (χ1v) is 10.6. The first-order valence-electron chi connectivity index (χ1n) is 8.99. The molecule has 0 aliphatic heterocycles. The fourth-order valence-corrected chi connectivity index (χ4v) is 3.29. The molecule has 5 nitrogen and oxygen atoms in total. The summed E-state index contributed by atoms with van der Waals surface area (Å²) in [4.78, 5) is 27.0. The number of hydrogen-bond donors (Lipinski definition) is 1. The summed E-state index contributed by atoms with van der Waals surface area (Å²) in [5, 5.41) is 2.87. The Morgan fingerprint density at radius 3 is 2.32 bits per heavy atom. The van der Waals surface area contributed by atoms with Gasteiger partial charge in [0.25, 0.3) is 5.91 Å². The molecule has 0 radical (unpaired) electrons. The van der Waals surface area contributed by atoms with Gasteiger partial charge in [0.15, 0.2) is 6.61 Å². The normalized spacial score (nSPS) is 11.8. The predicted octanol–water partition coefficient (Wildman–Crippen LogP) is 4.53. The van der Waals surface area contributed by atoms with Crippen molar-refractivity contribution in [2.75, 3.05) is 6.61 Å². The van der Waals surface area contributed by atoms with Crippen LogP contribution in [-0.2, 0) is 16.1 Å². The van der Waals surface area contributed by atoms with Crippen LogP contribution in [0.3, 0.4) is 0 Å². The van der Waals surface area contributed by atoms with E-state index in [1.54, 1.807) is 24.0 Å². The minimum absolute atomic E-state index is 0.00297. The molecule has 1 N–H and O–H groups in total. The summed E-state index contributed by atoms with van der Waals surface area (Å²) in [6.45, 7) is 5.68. The highest BCUT2D eigenvalue weighted by Gasteiger charge is 2.26. The van der Waals surface area contributed by atoms with Gasteiger partial charge in [-0.3, -0.25) is 9.59 Å². The van der Waals surface area contributed by atoms with Crippen molar-refractivity contribution in [3.05, 3.63) is 63.0 Å². The van der Waals surface area contributed by atoms with E-state index in [-0.39, 0.29) is 24.5 Å². The van der Waals surface area contributed by atoms with E-state index in [4.69, 9.17) is 4.74 Å². The van der Waals surface area contributed by atoms with Gasteiger partial charge in [0.05, 0.1) is 0 Å². The molecule has 2 aromatic rings. The van der Waals surface area contributed by atoms with Gasteiger partial charge in [-0.2, -0.15) is 0 Å². The minimum Gasteiger partial charge on any atom is -0.484 e. The molecule has 0 spiro atoms. The van der Waals surface area contributed by atoms with Gasteiger partial charge in [-0.05, 0) is 62.7 Å². The third-order valence-electron chi connectivity index (χ3n) is 4.02. The van der Waals surface area contributed by atoms with Crippen molar-refractivity contribution >= 4 is 43.7 Å². The number of hydrogen-bond acceptors (Lipinski definition) is 3. The number of carbonyl (C=O) groups is 2. The maximum absolute atomic E-state index is 12.9. The third-order valence-corrected chi connectivity index (χ3v) is 5.04. The lowest BCUT2D eigenvalue weighted by atomic mass is 10.1. The second kappa shape index (κ2) is 10.6. The lowest BCUT2D eigenvalue weighted by Crippen LogP contribution is -2.50. The van der Waals surface area contributed by atoms with Crippen molar-refractivity contribution in [3.8, 4) is 5.75 Å². The molecule has 7 heteroatoms. The van der Waals surface area contributed by atoms with Gasteiger partial charge in [0.1, 0.15) is 11.8 Å². The van der Waals surface area contributed by atoms with E-state index in [0.717, 1.165) is 14.5 Å². The maximum atomic E-state index is 12.9. The highest BCUT2D eigenvalue weighted by Crippen LogP contribution is 2.18. The summed E-state index contributed by atoms with van der Waals surface area (Å²) >= 11 is 6.81. The molecule has 0 saturated carbocycles. The van der Waals surface area contributed by atoms with Crippen molar-refractivity contribution in [2.24, 2.45) is 0 Å². The zero-order valence-electron chi connectivity index (χ0n) is 16.1. The summed E-state index contributed by atoms with van der Waals surface area (Å²) in [5.41, 5.74) is 0.926. The Bertz CT molecular complexity index is 810. The van der Waals surface area contributed by atoms with E-state index < -0.39 is 6.04 Å². The molecular formula is C21H24Br2N2O3. The first-order chi connectivity index (χ1) is 13.3. The van der Waals surface area contributed by atoms with Crippen molar-refractivity contribution in [1.29, 1.82) is 0 Å². The van der Waals surface area contributed by atoms with Crippen LogP contribution in [0, 0.1) is 0 Å². The van der Waals surface area contributed by atoms with Crippen LogP contribution in [0.1, 0.15) is 26.3 Å². The lowest BCUT2D eigenvalue weighted by molar-refractivity contribution is -0.142. The molecule has 150 valence electrons. The summed E-state index contributed by atoms with van der Waals surface area (Å²) in [5.74, 6) is 0.148. The highest BCUT2D eigenvalue weighted by molar-refractivity contribution is 9.10. The first kappa shape index (κ1) is 22.4. The number of rotatable bonds is 8. The van der Waals surface area contributed by atoms with Crippen LogP contribution in [0.4, 0.5) is 0 Å². The van der Waals surface area contributed by atoms with Crippen LogP contribution in [-0.4, -0.2) is 35.4 Å². The van der Waals surface area contributed by atoms with E-state index >= 15 is 0 Å². The maximum Gasteiger partial charge on any atom is 0.261 e. The van der Waals surface area contributed by atoms with Gasteiger partial charge in [-0.1, -0.05) is 44.0 Å². The molecule has 2 amide bonds. The Hall–Kier alpha value is -1.86. The SMILES string of the molecule is CC(C)NC(=O)[C@@H](C)N(Cc1cccc(Br)c1)C(=O)COc1ccc(Br)cc1. The van der Waals surface area contributed by atoms with Gasteiger partial charge >= 0.3 is 0 Å². The summed E-state index contributed by atoms with van der Waals surface area (Å²) in [6, 6.07) is 14.3. The van der Waals surface area contributed by atoms with E-state index in [0.29, 0.717) is 12.3 Å². The molecule has 0 heterocycles. The molecule has 28 heavy (non-hydrogen) atoms. The van der Waals surface area contributed by atoms with Gasteiger partial charge < -0.3 is 15.0 Å². The lowest BCUT2D eigenvalue weighted by Gasteiger charge is -2.29. The molecule has 0 aromatic heterocycles. The molecule has 0 unspecified atom stereocenters. The number of benzene rings is 2. The number of ether oxygens (including phenoxy) is 1.